The zero-order valence-corrected chi connectivity index (χ0v) is 10.6. The lowest BCUT2D eigenvalue weighted by atomic mass is 9.82. The van der Waals surface area contributed by atoms with Crippen LogP contribution >= 0.6 is 12.2 Å². The lowest BCUT2D eigenvalue weighted by Gasteiger charge is -2.36. The van der Waals surface area contributed by atoms with E-state index >= 15 is 0 Å². The van der Waals surface area contributed by atoms with E-state index in [1.807, 2.05) is 0 Å². The first kappa shape index (κ1) is 12.9. The second-order valence-electron chi connectivity index (χ2n) is 4.01. The summed E-state index contributed by atoms with van der Waals surface area (Å²) in [6.45, 7) is 1.61. The molecule has 88 valence electrons. The van der Waals surface area contributed by atoms with Gasteiger partial charge in [0.25, 0.3) is 0 Å². The predicted molar refractivity (Wildman–Crippen MR) is 65.2 cm³/mol. The van der Waals surface area contributed by atoms with E-state index in [2.05, 4.69) is 4.72 Å². The first-order valence-corrected chi connectivity index (χ1v) is 7.29. The summed E-state index contributed by atoms with van der Waals surface area (Å²) < 4.78 is 25.8. The molecule has 0 aliphatic heterocycles. The lowest BCUT2D eigenvalue weighted by molar-refractivity contribution is 0.353. The zero-order chi connectivity index (χ0) is 11.5. The Morgan fingerprint density at radius 1 is 1.40 bits per heavy atom. The highest BCUT2D eigenvalue weighted by molar-refractivity contribution is 7.89. The number of hydrogen-bond acceptors (Lipinski definition) is 3. The van der Waals surface area contributed by atoms with Gasteiger partial charge in [0.2, 0.25) is 10.0 Å². The molecular formula is C9H18N2O2S2. The van der Waals surface area contributed by atoms with E-state index in [0.717, 1.165) is 32.1 Å². The van der Waals surface area contributed by atoms with Gasteiger partial charge in [-0.3, -0.25) is 0 Å². The SMILES string of the molecule is CCS(=O)(=O)NC1(C(N)=S)CCCCC1. The molecule has 0 bridgehead atoms. The topological polar surface area (TPSA) is 72.2 Å². The van der Waals surface area contributed by atoms with E-state index in [-0.39, 0.29) is 10.7 Å². The van der Waals surface area contributed by atoms with Crippen molar-refractivity contribution in [2.75, 3.05) is 5.75 Å². The fraction of sp³-hybridized carbons (Fsp3) is 0.889. The molecule has 4 nitrogen and oxygen atoms in total. The number of rotatable bonds is 4. The second-order valence-corrected chi connectivity index (χ2v) is 6.46. The van der Waals surface area contributed by atoms with Crippen LogP contribution in [0, 0.1) is 0 Å². The van der Waals surface area contributed by atoms with Crippen molar-refractivity contribution < 1.29 is 8.42 Å². The van der Waals surface area contributed by atoms with Crippen LogP contribution in [0.4, 0.5) is 0 Å². The Kier molecular flexibility index (Phi) is 4.08. The summed E-state index contributed by atoms with van der Waals surface area (Å²) in [4.78, 5) is 0.277. The summed E-state index contributed by atoms with van der Waals surface area (Å²) in [5, 5.41) is 0. The first-order valence-electron chi connectivity index (χ1n) is 5.23. The van der Waals surface area contributed by atoms with Crippen LogP contribution in [0.5, 0.6) is 0 Å². The van der Waals surface area contributed by atoms with E-state index in [4.69, 9.17) is 18.0 Å². The van der Waals surface area contributed by atoms with Crippen molar-refractivity contribution in [3.63, 3.8) is 0 Å². The van der Waals surface area contributed by atoms with Gasteiger partial charge in [-0.1, -0.05) is 31.5 Å². The summed E-state index contributed by atoms with van der Waals surface area (Å²) >= 11 is 4.99. The van der Waals surface area contributed by atoms with Crippen molar-refractivity contribution >= 4 is 27.2 Å². The molecule has 1 aliphatic rings. The van der Waals surface area contributed by atoms with E-state index in [9.17, 15) is 8.42 Å². The quantitative estimate of drug-likeness (QED) is 0.728. The molecular weight excluding hydrogens is 232 g/mol. The van der Waals surface area contributed by atoms with Crippen LogP contribution in [0.2, 0.25) is 0 Å². The van der Waals surface area contributed by atoms with Crippen LogP contribution in [-0.4, -0.2) is 24.7 Å². The average molecular weight is 250 g/mol. The number of nitrogens with one attached hydrogen (secondary N) is 1. The maximum absolute atomic E-state index is 11.6. The van der Waals surface area contributed by atoms with Crippen molar-refractivity contribution in [3.05, 3.63) is 0 Å². The molecule has 1 saturated carbocycles. The Bertz CT molecular complexity index is 332. The number of thiocarbonyl (C=S) groups is 1. The highest BCUT2D eigenvalue weighted by Gasteiger charge is 2.38. The smallest absolute Gasteiger partial charge is 0.212 e. The molecule has 0 amide bonds. The average Bonchev–Trinajstić information content (AvgIpc) is 2.18. The molecule has 0 spiro atoms. The van der Waals surface area contributed by atoms with Gasteiger partial charge in [0.1, 0.15) is 0 Å². The summed E-state index contributed by atoms with van der Waals surface area (Å²) in [7, 11) is -3.24. The van der Waals surface area contributed by atoms with Gasteiger partial charge in [-0.25, -0.2) is 13.1 Å². The third-order valence-electron chi connectivity index (χ3n) is 2.91. The Hall–Kier alpha value is -0.200. The monoisotopic (exact) mass is 250 g/mol. The van der Waals surface area contributed by atoms with Crippen molar-refractivity contribution in [1.29, 1.82) is 0 Å². The minimum absolute atomic E-state index is 0.0668. The summed E-state index contributed by atoms with van der Waals surface area (Å²) in [6, 6.07) is 0. The van der Waals surface area contributed by atoms with Crippen LogP contribution in [0.25, 0.3) is 0 Å². The van der Waals surface area contributed by atoms with Gasteiger partial charge in [-0.15, -0.1) is 0 Å². The molecule has 0 radical (unpaired) electrons. The number of hydrogen-bond donors (Lipinski definition) is 2. The molecule has 0 aromatic carbocycles. The number of nitrogens with two attached hydrogens (primary N) is 1. The highest BCUT2D eigenvalue weighted by atomic mass is 32.2. The molecule has 0 aromatic heterocycles. The predicted octanol–water partition coefficient (Wildman–Crippen LogP) is 0.915. The minimum atomic E-state index is -3.24. The van der Waals surface area contributed by atoms with Crippen LogP contribution in [0.1, 0.15) is 39.0 Å². The van der Waals surface area contributed by atoms with Gasteiger partial charge in [-0.2, -0.15) is 0 Å². The van der Waals surface area contributed by atoms with E-state index in [0.29, 0.717) is 0 Å². The lowest BCUT2D eigenvalue weighted by Crippen LogP contribution is -2.57. The van der Waals surface area contributed by atoms with E-state index in [1.165, 1.54) is 0 Å². The van der Waals surface area contributed by atoms with Gasteiger partial charge in [-0.05, 0) is 19.8 Å². The second kappa shape index (κ2) is 4.76. The van der Waals surface area contributed by atoms with Crippen molar-refractivity contribution in [2.24, 2.45) is 5.73 Å². The zero-order valence-electron chi connectivity index (χ0n) is 8.95. The third-order valence-corrected chi connectivity index (χ3v) is 4.76. The standard InChI is InChI=1S/C9H18N2O2S2/c1-2-15(12,13)11-9(8(10)14)6-4-3-5-7-9/h11H,2-7H2,1H3,(H2,10,14). The highest BCUT2D eigenvalue weighted by Crippen LogP contribution is 2.29. The molecule has 0 heterocycles. The van der Waals surface area contributed by atoms with Crippen molar-refractivity contribution in [3.8, 4) is 0 Å². The van der Waals surface area contributed by atoms with Gasteiger partial charge >= 0.3 is 0 Å². The fourth-order valence-corrected chi connectivity index (χ4v) is 3.30. The van der Waals surface area contributed by atoms with Crippen molar-refractivity contribution in [1.82, 2.24) is 4.72 Å². The normalized spacial score (nSPS) is 21.1. The van der Waals surface area contributed by atoms with E-state index < -0.39 is 15.6 Å². The summed E-state index contributed by atoms with van der Waals surface area (Å²) in [5.74, 6) is 0.0668. The maximum Gasteiger partial charge on any atom is 0.212 e. The molecule has 15 heavy (non-hydrogen) atoms. The van der Waals surface area contributed by atoms with Crippen LogP contribution in [0.15, 0.2) is 0 Å². The summed E-state index contributed by atoms with van der Waals surface area (Å²) in [6.07, 6.45) is 4.52. The fourth-order valence-electron chi connectivity index (χ4n) is 1.92. The molecule has 1 aliphatic carbocycles. The van der Waals surface area contributed by atoms with Crippen LogP contribution < -0.4 is 10.5 Å². The Labute approximate surface area is 96.7 Å². The first-order chi connectivity index (χ1) is 6.92. The van der Waals surface area contributed by atoms with Gasteiger partial charge in [0, 0.05) is 0 Å². The van der Waals surface area contributed by atoms with Crippen molar-refractivity contribution in [2.45, 2.75) is 44.6 Å². The third kappa shape index (κ3) is 3.12. The summed E-state index contributed by atoms with van der Waals surface area (Å²) in [5.41, 5.74) is 5.00. The van der Waals surface area contributed by atoms with Gasteiger partial charge < -0.3 is 5.73 Å². The Morgan fingerprint density at radius 2 is 1.93 bits per heavy atom. The van der Waals surface area contributed by atoms with E-state index in [1.54, 1.807) is 6.92 Å². The molecule has 6 heteroatoms. The Balaban J connectivity index is 2.87. The maximum atomic E-state index is 11.6. The molecule has 0 aromatic rings. The van der Waals surface area contributed by atoms with Gasteiger partial charge in [0.05, 0.1) is 16.3 Å². The minimum Gasteiger partial charge on any atom is -0.392 e. The molecule has 0 unspecified atom stereocenters. The molecule has 3 N–H and O–H groups in total. The molecule has 1 fully saturated rings. The molecule has 0 saturated heterocycles. The Morgan fingerprint density at radius 3 is 2.33 bits per heavy atom. The largest absolute Gasteiger partial charge is 0.392 e. The molecule has 0 atom stereocenters. The van der Waals surface area contributed by atoms with Gasteiger partial charge in [0.15, 0.2) is 0 Å². The van der Waals surface area contributed by atoms with Crippen LogP contribution in [-0.2, 0) is 10.0 Å². The molecule has 1 rings (SSSR count). The van der Waals surface area contributed by atoms with Crippen LogP contribution in [0.3, 0.4) is 0 Å². The number of sulfonamides is 1.